The van der Waals surface area contributed by atoms with Crippen molar-refractivity contribution in [3.63, 3.8) is 0 Å². The Morgan fingerprint density at radius 1 is 0.597 bits per heavy atom. The minimum absolute atomic E-state index is 0.104. The molecule has 4 fully saturated rings. The van der Waals surface area contributed by atoms with Crippen LogP contribution in [0.15, 0.2) is 133 Å². The summed E-state index contributed by atoms with van der Waals surface area (Å²) >= 11 is 0. The molecule has 4 saturated heterocycles. The summed E-state index contributed by atoms with van der Waals surface area (Å²) in [6, 6.07) is 41.1. The third-order valence-corrected chi connectivity index (χ3v) is 19.9. The fraction of sp³-hybridized carbons (Fsp3) is 0.567. The van der Waals surface area contributed by atoms with Gasteiger partial charge in [-0.25, -0.2) is 0 Å². The van der Waals surface area contributed by atoms with Crippen molar-refractivity contribution in [1.29, 1.82) is 0 Å². The van der Waals surface area contributed by atoms with E-state index < -0.39 is 63.1 Å². The highest BCUT2D eigenvalue weighted by atomic mass is 28.4. The second-order valence-electron chi connectivity index (χ2n) is 22.7. The molecule has 12 heteroatoms. The zero-order valence-corrected chi connectivity index (χ0v) is 44.9. The molecule has 9 rings (SSSR count). The molecule has 0 unspecified atom stereocenters. The number of hydrogen-bond acceptors (Lipinski definition) is 11. The summed E-state index contributed by atoms with van der Waals surface area (Å²) in [5, 5.41) is -0.104. The lowest BCUT2D eigenvalue weighted by molar-refractivity contribution is -0.264. The van der Waals surface area contributed by atoms with Crippen molar-refractivity contribution in [2.75, 3.05) is 13.2 Å². The van der Waals surface area contributed by atoms with Crippen molar-refractivity contribution >= 4 is 8.32 Å². The normalized spacial score (nSPS) is 32.9. The van der Waals surface area contributed by atoms with Crippen LogP contribution in [0, 0.1) is 5.92 Å². The molecule has 0 aliphatic carbocycles. The smallest absolute Gasteiger partial charge is 0.192 e. The first-order valence-corrected chi connectivity index (χ1v) is 29.5. The Morgan fingerprint density at radius 3 is 1.75 bits per heavy atom. The van der Waals surface area contributed by atoms with Crippen LogP contribution in [-0.4, -0.2) is 94.5 Å². The molecule has 11 nitrogen and oxygen atoms in total. The van der Waals surface area contributed by atoms with E-state index in [1.165, 1.54) is 0 Å². The summed E-state index contributed by atoms with van der Waals surface area (Å²) in [6.45, 7) is 19.7. The van der Waals surface area contributed by atoms with Crippen molar-refractivity contribution in [3.05, 3.63) is 155 Å². The van der Waals surface area contributed by atoms with E-state index in [1.54, 1.807) is 0 Å². The molecule has 4 aromatic carbocycles. The summed E-state index contributed by atoms with van der Waals surface area (Å²) in [6.07, 6.45) is 1.27. The van der Waals surface area contributed by atoms with Gasteiger partial charge in [-0.1, -0.05) is 149 Å². The van der Waals surface area contributed by atoms with Gasteiger partial charge in [0.25, 0.3) is 0 Å². The molecular weight excluding hydrogens is 925 g/mol. The lowest BCUT2D eigenvalue weighted by Crippen LogP contribution is -2.52. The second kappa shape index (κ2) is 23.8. The zero-order chi connectivity index (χ0) is 50.3. The molecule has 5 aliphatic rings. The zero-order valence-electron chi connectivity index (χ0n) is 43.9. The average molecular weight is 1010 g/mol. The summed E-state index contributed by atoms with van der Waals surface area (Å²) in [7, 11) is -2.49. The molecule has 13 atom stereocenters. The van der Waals surface area contributed by atoms with Gasteiger partial charge in [0.15, 0.2) is 20.4 Å². The van der Waals surface area contributed by atoms with E-state index >= 15 is 0 Å². The van der Waals surface area contributed by atoms with Gasteiger partial charge in [-0.05, 0) is 73.5 Å². The number of fused-ring (bicyclic) bond motifs is 3. The van der Waals surface area contributed by atoms with Gasteiger partial charge in [0.1, 0.15) is 18.3 Å². The minimum atomic E-state index is -2.49. The lowest BCUT2D eigenvalue weighted by atomic mass is 9.93. The predicted molar refractivity (Wildman–Crippen MR) is 279 cm³/mol. The Balaban J connectivity index is 1.08. The van der Waals surface area contributed by atoms with Crippen LogP contribution in [0.25, 0.3) is 0 Å². The topological polar surface area (TPSA) is 102 Å². The van der Waals surface area contributed by atoms with E-state index in [0.29, 0.717) is 64.6 Å². The molecule has 0 aromatic heterocycles. The highest BCUT2D eigenvalue weighted by Gasteiger charge is 2.53. The van der Waals surface area contributed by atoms with Crippen LogP contribution in [0.1, 0.15) is 109 Å². The van der Waals surface area contributed by atoms with E-state index in [0.717, 1.165) is 40.9 Å². The molecule has 5 heterocycles. The van der Waals surface area contributed by atoms with Gasteiger partial charge in [-0.15, -0.1) is 0 Å². The number of allylic oxidation sites excluding steroid dienone is 1. The summed E-state index contributed by atoms with van der Waals surface area (Å²) in [4.78, 5) is 0. The SMILES string of the molecule is C[C@H]1C/C=C(/C[C@H]2O[C@H]3C[C@H]4OC(C)(C)O[C@H]4C[C@@H](OCc4ccccc4)[C@H](COCc4ccccc4)O[C@@H]3C[C@@H](OCc3ccccc3)[C@@H]2O[Si](C)(C)C(C)(C)C)O[C@@H]2CO[C@@H](c3ccccc3)O[C@H]2C1. The molecule has 4 aromatic rings. The van der Waals surface area contributed by atoms with Crippen LogP contribution in [-0.2, 0) is 71.6 Å². The number of benzene rings is 4. The highest BCUT2D eigenvalue weighted by Crippen LogP contribution is 2.44. The summed E-state index contributed by atoms with van der Waals surface area (Å²) < 4.78 is 77.7. The molecule has 0 amide bonds. The molecule has 0 radical (unpaired) electrons. The first-order chi connectivity index (χ1) is 34.6. The molecule has 390 valence electrons. The van der Waals surface area contributed by atoms with Crippen molar-refractivity contribution in [3.8, 4) is 0 Å². The molecule has 0 saturated carbocycles. The highest BCUT2D eigenvalue weighted by molar-refractivity contribution is 6.74. The molecule has 72 heavy (non-hydrogen) atoms. The monoisotopic (exact) mass is 1000 g/mol. The maximum atomic E-state index is 7.73. The van der Waals surface area contributed by atoms with Gasteiger partial charge in [0.2, 0.25) is 0 Å². The quantitative estimate of drug-likeness (QED) is 0.106. The van der Waals surface area contributed by atoms with Crippen LogP contribution in [0.5, 0.6) is 0 Å². The first kappa shape index (κ1) is 53.1. The van der Waals surface area contributed by atoms with Crippen molar-refractivity contribution in [2.45, 2.75) is 197 Å². The largest absolute Gasteiger partial charge is 0.490 e. The Bertz CT molecular complexity index is 2290. The number of rotatable bonds is 15. The van der Waals surface area contributed by atoms with Gasteiger partial charge >= 0.3 is 0 Å². The van der Waals surface area contributed by atoms with Gasteiger partial charge in [-0.3, -0.25) is 0 Å². The third kappa shape index (κ3) is 13.9. The fourth-order valence-corrected chi connectivity index (χ4v) is 11.9. The van der Waals surface area contributed by atoms with Crippen LogP contribution >= 0.6 is 0 Å². The molecule has 0 spiro atoms. The second-order valence-corrected chi connectivity index (χ2v) is 27.5. The van der Waals surface area contributed by atoms with Gasteiger partial charge < -0.3 is 51.8 Å². The van der Waals surface area contributed by atoms with Crippen LogP contribution in [0.4, 0.5) is 0 Å². The number of hydrogen-bond donors (Lipinski definition) is 0. The van der Waals surface area contributed by atoms with Gasteiger partial charge in [-0.2, -0.15) is 0 Å². The Morgan fingerprint density at radius 2 is 1.12 bits per heavy atom. The number of ether oxygens (including phenoxy) is 10. The summed E-state index contributed by atoms with van der Waals surface area (Å²) in [5.74, 6) is 0.385. The third-order valence-electron chi connectivity index (χ3n) is 15.5. The molecular formula is C60H80O11Si. The first-order valence-electron chi connectivity index (χ1n) is 26.6. The van der Waals surface area contributed by atoms with E-state index in [9.17, 15) is 0 Å². The summed E-state index contributed by atoms with van der Waals surface area (Å²) in [5.41, 5.74) is 4.25. The molecule has 5 aliphatic heterocycles. The lowest BCUT2D eigenvalue weighted by Gasteiger charge is -2.43. The van der Waals surface area contributed by atoms with Crippen molar-refractivity contribution in [2.24, 2.45) is 5.92 Å². The van der Waals surface area contributed by atoms with Gasteiger partial charge in [0.05, 0.1) is 87.6 Å². The minimum Gasteiger partial charge on any atom is -0.490 e. The van der Waals surface area contributed by atoms with Crippen LogP contribution in [0.2, 0.25) is 18.1 Å². The van der Waals surface area contributed by atoms with Crippen LogP contribution in [0.3, 0.4) is 0 Å². The Labute approximate surface area is 430 Å². The predicted octanol–water partition coefficient (Wildman–Crippen LogP) is 12.2. The van der Waals surface area contributed by atoms with E-state index in [4.69, 9.17) is 51.8 Å². The van der Waals surface area contributed by atoms with E-state index in [2.05, 4.69) is 108 Å². The molecule has 0 bridgehead atoms. The Hall–Kier alpha value is -3.76. The average Bonchev–Trinajstić information content (AvgIpc) is 3.60. The van der Waals surface area contributed by atoms with Crippen molar-refractivity contribution < 1.29 is 51.8 Å². The Kier molecular flexibility index (Phi) is 17.6. The maximum Gasteiger partial charge on any atom is 0.192 e. The van der Waals surface area contributed by atoms with Crippen molar-refractivity contribution in [1.82, 2.24) is 0 Å². The fourth-order valence-electron chi connectivity index (χ4n) is 10.5. The van der Waals surface area contributed by atoms with E-state index in [1.807, 2.05) is 74.5 Å². The van der Waals surface area contributed by atoms with E-state index in [-0.39, 0.29) is 29.5 Å². The van der Waals surface area contributed by atoms with Gasteiger partial charge in [0, 0.05) is 31.2 Å². The maximum absolute atomic E-state index is 7.73. The standard InChI is InChI=1S/C60H80O11Si/c1-41-29-30-46(65-56-40-64-58(68-48(56)31-41)45-27-19-12-20-28-45)32-54-57(71-72(7,8)59(2,3)4)53(63-38-44-25-17-11-18-26-44)35-50-49(66-54)34-52-51(69-60(5,6)70-52)33-47(62-37-43-23-15-10-16-24-43)55(67-50)39-61-36-42-21-13-9-14-22-42/h9-28,30,41,47-58H,29,31-40H2,1-8H3/b46-30-/t41-,47+,48-,49-,50+,51-,52+,53+,54+,55-,56+,57-,58+/m0/s1. The van der Waals surface area contributed by atoms with Crippen LogP contribution < -0.4 is 0 Å². The molecule has 0 N–H and O–H groups in total.